The number of aryl methyl sites for hydroxylation is 1. The molecule has 7 heteroatoms. The third-order valence-corrected chi connectivity index (χ3v) is 5.73. The summed E-state index contributed by atoms with van der Waals surface area (Å²) < 4.78 is 16.0. The van der Waals surface area contributed by atoms with E-state index in [1.807, 2.05) is 12.1 Å². The molecule has 0 radical (unpaired) electrons. The lowest BCUT2D eigenvalue weighted by atomic mass is 10.0. The van der Waals surface area contributed by atoms with Gasteiger partial charge in [-0.15, -0.1) is 0 Å². The van der Waals surface area contributed by atoms with Gasteiger partial charge in [-0.3, -0.25) is 9.59 Å². The molecule has 3 aromatic rings. The van der Waals surface area contributed by atoms with Crippen molar-refractivity contribution in [3.8, 4) is 17.2 Å². The maximum atomic E-state index is 13.6. The van der Waals surface area contributed by atoms with Gasteiger partial charge in [0, 0.05) is 6.07 Å². The Balaban J connectivity index is 1.81. The minimum Gasteiger partial charge on any atom is -0.497 e. The van der Waals surface area contributed by atoms with Crippen LogP contribution in [0.5, 0.6) is 17.2 Å². The molecule has 0 saturated heterocycles. The molecular weight excluding hydrogens is 432 g/mol. The molecule has 7 nitrogen and oxygen atoms in total. The van der Waals surface area contributed by atoms with Crippen LogP contribution >= 0.6 is 0 Å². The van der Waals surface area contributed by atoms with Gasteiger partial charge in [0.1, 0.15) is 22.9 Å². The number of hydrogen-bond donors (Lipinski definition) is 1. The van der Waals surface area contributed by atoms with Gasteiger partial charge >= 0.3 is 0 Å². The van der Waals surface area contributed by atoms with Crippen LogP contribution in [0.4, 0.5) is 11.4 Å². The van der Waals surface area contributed by atoms with Crippen molar-refractivity contribution in [2.75, 3.05) is 31.5 Å². The van der Waals surface area contributed by atoms with Crippen molar-refractivity contribution >= 4 is 28.8 Å². The molecule has 0 saturated carbocycles. The zero-order chi connectivity index (χ0) is 24.2. The van der Waals surface area contributed by atoms with Crippen LogP contribution in [0.15, 0.2) is 72.4 Å². The highest BCUT2D eigenvalue weighted by Crippen LogP contribution is 2.37. The third kappa shape index (κ3) is 4.20. The van der Waals surface area contributed by atoms with Crippen LogP contribution in [0.2, 0.25) is 0 Å². The van der Waals surface area contributed by atoms with Gasteiger partial charge < -0.3 is 19.5 Å². The minimum absolute atomic E-state index is 0.165. The largest absolute Gasteiger partial charge is 0.497 e. The normalized spacial score (nSPS) is 13.4. The van der Waals surface area contributed by atoms with E-state index in [2.05, 4.69) is 12.2 Å². The van der Waals surface area contributed by atoms with E-state index >= 15 is 0 Å². The van der Waals surface area contributed by atoms with Crippen LogP contribution in [0, 0.1) is 0 Å². The molecule has 1 heterocycles. The molecule has 34 heavy (non-hydrogen) atoms. The smallest absolute Gasteiger partial charge is 0.282 e. The molecular formula is C27H26N2O5. The number of nitrogens with zero attached hydrogens (tertiary/aromatic N) is 1. The number of anilines is 2. The molecule has 3 aromatic carbocycles. The van der Waals surface area contributed by atoms with Gasteiger partial charge in [-0.2, -0.15) is 0 Å². The van der Waals surface area contributed by atoms with E-state index in [1.165, 1.54) is 12.0 Å². The summed E-state index contributed by atoms with van der Waals surface area (Å²) in [5, 5.41) is 3.15. The second kappa shape index (κ2) is 9.70. The molecule has 0 aromatic heterocycles. The second-order valence-electron chi connectivity index (χ2n) is 7.64. The van der Waals surface area contributed by atoms with Crippen molar-refractivity contribution in [1.29, 1.82) is 0 Å². The predicted molar refractivity (Wildman–Crippen MR) is 131 cm³/mol. The van der Waals surface area contributed by atoms with E-state index in [0.717, 1.165) is 12.0 Å². The van der Waals surface area contributed by atoms with Gasteiger partial charge in [-0.1, -0.05) is 31.2 Å². The van der Waals surface area contributed by atoms with Crippen molar-refractivity contribution in [1.82, 2.24) is 0 Å². The molecule has 0 spiro atoms. The molecule has 0 aliphatic carbocycles. The summed E-state index contributed by atoms with van der Waals surface area (Å²) >= 11 is 0. The average molecular weight is 459 g/mol. The van der Waals surface area contributed by atoms with Crippen LogP contribution in [-0.4, -0.2) is 33.1 Å². The Hall–Kier alpha value is -4.26. The molecule has 1 aliphatic rings. The first kappa shape index (κ1) is 22.9. The maximum absolute atomic E-state index is 13.6. The van der Waals surface area contributed by atoms with E-state index in [4.69, 9.17) is 14.2 Å². The predicted octanol–water partition coefficient (Wildman–Crippen LogP) is 4.67. The second-order valence-corrected chi connectivity index (χ2v) is 7.64. The Morgan fingerprint density at radius 1 is 0.765 bits per heavy atom. The van der Waals surface area contributed by atoms with Crippen molar-refractivity contribution in [3.63, 3.8) is 0 Å². The molecule has 4 rings (SSSR count). The maximum Gasteiger partial charge on any atom is 0.282 e. The highest BCUT2D eigenvalue weighted by atomic mass is 16.5. The summed E-state index contributed by atoms with van der Waals surface area (Å²) in [4.78, 5) is 28.4. The van der Waals surface area contributed by atoms with Gasteiger partial charge in [0.2, 0.25) is 0 Å². The highest BCUT2D eigenvalue weighted by Gasteiger charge is 2.40. The van der Waals surface area contributed by atoms with Gasteiger partial charge in [-0.25, -0.2) is 4.90 Å². The Bertz CT molecular complexity index is 1250. The molecule has 1 aliphatic heterocycles. The topological polar surface area (TPSA) is 77.1 Å². The molecule has 1 N–H and O–H groups in total. The van der Waals surface area contributed by atoms with Crippen LogP contribution in [-0.2, 0) is 16.0 Å². The number of carbonyl (C=O) groups is 2. The first-order valence-electron chi connectivity index (χ1n) is 10.9. The third-order valence-electron chi connectivity index (χ3n) is 5.73. The molecule has 0 unspecified atom stereocenters. The number of rotatable bonds is 8. The van der Waals surface area contributed by atoms with Crippen molar-refractivity contribution in [2.24, 2.45) is 0 Å². The monoisotopic (exact) mass is 458 g/mol. The lowest BCUT2D eigenvalue weighted by Gasteiger charge is -2.16. The molecule has 174 valence electrons. The van der Waals surface area contributed by atoms with Gasteiger partial charge in [-0.05, 0) is 53.9 Å². The first-order chi connectivity index (χ1) is 16.5. The van der Waals surface area contributed by atoms with Gasteiger partial charge in [0.25, 0.3) is 11.8 Å². The number of ether oxygens (including phenoxy) is 3. The number of hydrogen-bond acceptors (Lipinski definition) is 6. The first-order valence-corrected chi connectivity index (χ1v) is 10.9. The van der Waals surface area contributed by atoms with Crippen LogP contribution in [0.25, 0.3) is 5.57 Å². The summed E-state index contributed by atoms with van der Waals surface area (Å²) in [6.45, 7) is 2.05. The summed E-state index contributed by atoms with van der Waals surface area (Å²) in [5.41, 5.74) is 3.20. The van der Waals surface area contributed by atoms with Crippen molar-refractivity contribution in [2.45, 2.75) is 13.3 Å². The lowest BCUT2D eigenvalue weighted by Crippen LogP contribution is -2.32. The SMILES string of the molecule is CCc1ccc(N2C(=O)C(Nc3ccc(OC)cc3OC)=C(c3ccc(OC)cc3)C2=O)cc1. The van der Waals surface area contributed by atoms with E-state index in [9.17, 15) is 9.59 Å². The number of amides is 2. The molecule has 0 bridgehead atoms. The fourth-order valence-corrected chi connectivity index (χ4v) is 3.82. The molecule has 0 atom stereocenters. The number of carbonyl (C=O) groups excluding carboxylic acids is 2. The number of benzene rings is 3. The summed E-state index contributed by atoms with van der Waals surface area (Å²) in [6, 6.07) is 19.6. The summed E-state index contributed by atoms with van der Waals surface area (Å²) in [5.74, 6) is 0.886. The minimum atomic E-state index is -0.446. The number of imide groups is 1. The Labute approximate surface area is 198 Å². The Kier molecular flexibility index (Phi) is 6.54. The molecule has 0 fully saturated rings. The standard InChI is InChI=1S/C27H26N2O5/c1-5-17-6-10-19(11-7-17)29-26(30)24(18-8-12-20(32-2)13-9-18)25(27(29)31)28-22-15-14-21(33-3)16-23(22)34-4/h6-16,28H,5H2,1-4H3. The van der Waals surface area contributed by atoms with Crippen LogP contribution < -0.4 is 24.4 Å². The number of methoxy groups -OCH3 is 3. The zero-order valence-electron chi connectivity index (χ0n) is 19.5. The van der Waals surface area contributed by atoms with E-state index in [-0.39, 0.29) is 11.3 Å². The van der Waals surface area contributed by atoms with Crippen molar-refractivity contribution < 1.29 is 23.8 Å². The summed E-state index contributed by atoms with van der Waals surface area (Å²) in [7, 11) is 4.66. The van der Waals surface area contributed by atoms with Gasteiger partial charge in [0.15, 0.2) is 0 Å². The lowest BCUT2D eigenvalue weighted by molar-refractivity contribution is -0.120. The van der Waals surface area contributed by atoms with E-state index in [1.54, 1.807) is 68.8 Å². The fraction of sp³-hybridized carbons (Fsp3) is 0.185. The van der Waals surface area contributed by atoms with Crippen LogP contribution in [0.1, 0.15) is 18.1 Å². The highest BCUT2D eigenvalue weighted by molar-refractivity contribution is 6.46. The Morgan fingerprint density at radius 3 is 2.00 bits per heavy atom. The summed E-state index contributed by atoms with van der Waals surface area (Å²) in [6.07, 6.45) is 0.863. The van der Waals surface area contributed by atoms with Crippen molar-refractivity contribution in [3.05, 3.63) is 83.6 Å². The quantitative estimate of drug-likeness (QED) is 0.495. The fourth-order valence-electron chi connectivity index (χ4n) is 3.82. The molecule has 2 amide bonds. The van der Waals surface area contributed by atoms with E-state index < -0.39 is 11.8 Å². The van der Waals surface area contributed by atoms with Crippen LogP contribution in [0.3, 0.4) is 0 Å². The zero-order valence-corrected chi connectivity index (χ0v) is 19.5. The number of nitrogens with one attached hydrogen (secondary N) is 1. The Morgan fingerprint density at radius 2 is 1.41 bits per heavy atom. The average Bonchev–Trinajstić information content (AvgIpc) is 3.13. The van der Waals surface area contributed by atoms with E-state index in [0.29, 0.717) is 34.2 Å². The van der Waals surface area contributed by atoms with Gasteiger partial charge in [0.05, 0.1) is 38.3 Å².